The summed E-state index contributed by atoms with van der Waals surface area (Å²) in [5.41, 5.74) is 9.37. The molecule has 2 aromatic rings. The van der Waals surface area contributed by atoms with Crippen molar-refractivity contribution in [3.63, 3.8) is 0 Å². The Morgan fingerprint density at radius 3 is 2.32 bits per heavy atom. The minimum atomic E-state index is -0.443. The predicted molar refractivity (Wildman–Crippen MR) is 76.7 cm³/mol. The van der Waals surface area contributed by atoms with E-state index in [9.17, 15) is 10.1 Å². The molecule has 0 radical (unpaired) electrons. The smallest absolute Gasteiger partial charge is 0.294 e. The largest absolute Gasteiger partial charge is 0.399 e. The molecule has 0 fully saturated rings. The average molecular weight is 257 g/mol. The van der Waals surface area contributed by atoms with Crippen LogP contribution >= 0.6 is 0 Å². The lowest BCUT2D eigenvalue weighted by Gasteiger charge is -2.09. The molecular weight excluding hydrogens is 242 g/mol. The van der Waals surface area contributed by atoms with E-state index in [1.807, 2.05) is 32.0 Å². The molecule has 0 bridgehead atoms. The molecule has 0 heterocycles. The van der Waals surface area contributed by atoms with E-state index in [2.05, 4.69) is 5.32 Å². The number of hydrogen-bond acceptors (Lipinski definition) is 4. The van der Waals surface area contributed by atoms with Gasteiger partial charge in [0, 0.05) is 17.4 Å². The Labute approximate surface area is 111 Å². The molecule has 5 nitrogen and oxygen atoms in total. The van der Waals surface area contributed by atoms with Crippen molar-refractivity contribution in [2.75, 3.05) is 11.1 Å². The molecule has 0 atom stereocenters. The van der Waals surface area contributed by atoms with Crippen molar-refractivity contribution < 1.29 is 4.92 Å². The normalized spacial score (nSPS) is 10.2. The Bertz CT molecular complexity index is 618. The van der Waals surface area contributed by atoms with E-state index < -0.39 is 4.92 Å². The van der Waals surface area contributed by atoms with Crippen molar-refractivity contribution in [1.82, 2.24) is 0 Å². The van der Waals surface area contributed by atoms with Gasteiger partial charge in [-0.2, -0.15) is 0 Å². The maximum atomic E-state index is 11.0. The number of nitrogens with one attached hydrogen (secondary N) is 1. The standard InChI is InChI=1S/C14H15N3O2/c1-9-5-10(2)7-12(6-9)16-13-4-3-11(15)8-14(13)17(18)19/h3-8,16H,15H2,1-2H3. The van der Waals surface area contributed by atoms with E-state index in [1.165, 1.54) is 6.07 Å². The second-order valence-electron chi connectivity index (χ2n) is 4.54. The molecule has 2 rings (SSSR count). The van der Waals surface area contributed by atoms with Crippen LogP contribution in [0.3, 0.4) is 0 Å². The van der Waals surface area contributed by atoms with Crippen LogP contribution in [0.1, 0.15) is 11.1 Å². The van der Waals surface area contributed by atoms with E-state index in [-0.39, 0.29) is 5.69 Å². The van der Waals surface area contributed by atoms with Gasteiger partial charge in [0.15, 0.2) is 0 Å². The van der Waals surface area contributed by atoms with Crippen LogP contribution in [0.4, 0.5) is 22.7 Å². The number of nitro benzene ring substituents is 1. The molecule has 0 aliphatic heterocycles. The first-order valence-corrected chi connectivity index (χ1v) is 5.85. The fourth-order valence-electron chi connectivity index (χ4n) is 2.01. The Balaban J connectivity index is 2.40. The summed E-state index contributed by atoms with van der Waals surface area (Å²) in [7, 11) is 0. The minimum Gasteiger partial charge on any atom is -0.399 e. The minimum absolute atomic E-state index is 0.0286. The summed E-state index contributed by atoms with van der Waals surface area (Å²) in [4.78, 5) is 10.6. The third-order valence-electron chi connectivity index (χ3n) is 2.72. The number of nitrogens with two attached hydrogens (primary N) is 1. The summed E-state index contributed by atoms with van der Waals surface area (Å²) in [6.45, 7) is 3.96. The van der Waals surface area contributed by atoms with Gasteiger partial charge in [0.2, 0.25) is 0 Å². The third-order valence-corrected chi connectivity index (χ3v) is 2.72. The van der Waals surface area contributed by atoms with E-state index in [1.54, 1.807) is 12.1 Å². The zero-order chi connectivity index (χ0) is 14.0. The van der Waals surface area contributed by atoms with Crippen LogP contribution in [0, 0.1) is 24.0 Å². The first-order chi connectivity index (χ1) is 8.95. The number of aryl methyl sites for hydroxylation is 2. The molecule has 0 unspecified atom stereocenters. The van der Waals surface area contributed by atoms with Crippen molar-refractivity contribution in [3.05, 3.63) is 57.6 Å². The Kier molecular flexibility index (Phi) is 3.37. The summed E-state index contributed by atoms with van der Waals surface area (Å²) in [6.07, 6.45) is 0. The molecule has 0 aromatic heterocycles. The number of nitro groups is 1. The number of nitrogen functional groups attached to an aromatic ring is 1. The fraction of sp³-hybridized carbons (Fsp3) is 0.143. The van der Waals surface area contributed by atoms with E-state index in [0.717, 1.165) is 16.8 Å². The fourth-order valence-corrected chi connectivity index (χ4v) is 2.01. The highest BCUT2D eigenvalue weighted by Gasteiger charge is 2.14. The number of rotatable bonds is 3. The van der Waals surface area contributed by atoms with Gasteiger partial charge in [-0.3, -0.25) is 10.1 Å². The predicted octanol–water partition coefficient (Wildman–Crippen LogP) is 3.54. The van der Waals surface area contributed by atoms with Crippen LogP contribution in [0.2, 0.25) is 0 Å². The maximum Gasteiger partial charge on any atom is 0.294 e. The lowest BCUT2D eigenvalue weighted by atomic mass is 10.1. The molecule has 0 spiro atoms. The van der Waals surface area contributed by atoms with Crippen LogP contribution in [-0.2, 0) is 0 Å². The second-order valence-corrected chi connectivity index (χ2v) is 4.54. The summed E-state index contributed by atoms with van der Waals surface area (Å²) >= 11 is 0. The van der Waals surface area contributed by atoms with Crippen LogP contribution in [0.25, 0.3) is 0 Å². The summed E-state index contributed by atoms with van der Waals surface area (Å²) in [5, 5.41) is 14.1. The van der Waals surface area contributed by atoms with Crippen molar-refractivity contribution in [2.45, 2.75) is 13.8 Å². The van der Waals surface area contributed by atoms with E-state index >= 15 is 0 Å². The van der Waals surface area contributed by atoms with Gasteiger partial charge in [0.1, 0.15) is 5.69 Å². The third kappa shape index (κ3) is 3.01. The van der Waals surface area contributed by atoms with Gasteiger partial charge < -0.3 is 11.1 Å². The topological polar surface area (TPSA) is 81.2 Å². The first kappa shape index (κ1) is 12.9. The van der Waals surface area contributed by atoms with Crippen molar-refractivity contribution in [2.24, 2.45) is 0 Å². The number of benzene rings is 2. The molecule has 0 saturated carbocycles. The van der Waals surface area contributed by atoms with Crippen molar-refractivity contribution in [3.8, 4) is 0 Å². The number of hydrogen-bond donors (Lipinski definition) is 2. The molecule has 0 aliphatic rings. The zero-order valence-corrected chi connectivity index (χ0v) is 10.8. The average Bonchev–Trinajstić information content (AvgIpc) is 2.30. The summed E-state index contributed by atoms with van der Waals surface area (Å²) < 4.78 is 0. The lowest BCUT2D eigenvalue weighted by Crippen LogP contribution is -1.99. The molecule has 0 saturated heterocycles. The summed E-state index contributed by atoms with van der Waals surface area (Å²) in [6, 6.07) is 10.5. The van der Waals surface area contributed by atoms with Gasteiger partial charge in [-0.15, -0.1) is 0 Å². The molecule has 3 N–H and O–H groups in total. The van der Waals surface area contributed by atoms with Gasteiger partial charge in [-0.25, -0.2) is 0 Å². The van der Waals surface area contributed by atoms with E-state index in [0.29, 0.717) is 11.4 Å². The van der Waals surface area contributed by atoms with E-state index in [4.69, 9.17) is 5.73 Å². The molecule has 5 heteroatoms. The van der Waals surface area contributed by atoms with Crippen molar-refractivity contribution in [1.29, 1.82) is 0 Å². The monoisotopic (exact) mass is 257 g/mol. The molecule has 2 aromatic carbocycles. The molecule has 19 heavy (non-hydrogen) atoms. The highest BCUT2D eigenvalue weighted by atomic mass is 16.6. The zero-order valence-electron chi connectivity index (χ0n) is 10.8. The Morgan fingerprint density at radius 1 is 1.11 bits per heavy atom. The van der Waals surface area contributed by atoms with Gasteiger partial charge in [0.25, 0.3) is 5.69 Å². The van der Waals surface area contributed by atoms with Gasteiger partial charge in [-0.05, 0) is 49.2 Å². The van der Waals surface area contributed by atoms with Crippen LogP contribution < -0.4 is 11.1 Å². The van der Waals surface area contributed by atoms with Crippen LogP contribution in [0.5, 0.6) is 0 Å². The summed E-state index contributed by atoms with van der Waals surface area (Å²) in [5.74, 6) is 0. The molecule has 98 valence electrons. The van der Waals surface area contributed by atoms with Gasteiger partial charge in [-0.1, -0.05) is 6.07 Å². The maximum absolute atomic E-state index is 11.0. The van der Waals surface area contributed by atoms with Crippen molar-refractivity contribution >= 4 is 22.7 Å². The van der Waals surface area contributed by atoms with Crippen LogP contribution in [-0.4, -0.2) is 4.92 Å². The molecular formula is C14H15N3O2. The Hall–Kier alpha value is -2.56. The van der Waals surface area contributed by atoms with Crippen LogP contribution in [0.15, 0.2) is 36.4 Å². The lowest BCUT2D eigenvalue weighted by molar-refractivity contribution is -0.383. The highest BCUT2D eigenvalue weighted by molar-refractivity contribution is 5.73. The first-order valence-electron chi connectivity index (χ1n) is 5.85. The van der Waals surface area contributed by atoms with Gasteiger partial charge >= 0.3 is 0 Å². The number of nitrogens with zero attached hydrogens (tertiary/aromatic N) is 1. The quantitative estimate of drug-likeness (QED) is 0.500. The molecule has 0 aliphatic carbocycles. The van der Waals surface area contributed by atoms with Gasteiger partial charge in [0.05, 0.1) is 4.92 Å². The molecule has 0 amide bonds. The highest BCUT2D eigenvalue weighted by Crippen LogP contribution is 2.30. The SMILES string of the molecule is Cc1cc(C)cc(Nc2ccc(N)cc2[N+](=O)[O-])c1. The number of anilines is 3. The second kappa shape index (κ2) is 4.97. The Morgan fingerprint density at radius 2 is 1.74 bits per heavy atom.